The van der Waals surface area contributed by atoms with E-state index in [4.69, 9.17) is 4.52 Å². The minimum Gasteiger partial charge on any atom is -0.508 e. The molecule has 0 saturated heterocycles. The highest BCUT2D eigenvalue weighted by atomic mass is 32.2. The highest BCUT2D eigenvalue weighted by Crippen LogP contribution is 2.39. The van der Waals surface area contributed by atoms with Crippen LogP contribution in [-0.2, 0) is 12.8 Å². The molecule has 0 amide bonds. The first-order valence-corrected chi connectivity index (χ1v) is 10.3. The monoisotopic (exact) mass is 388 g/mol. The minimum absolute atomic E-state index is 0.373. The van der Waals surface area contributed by atoms with Gasteiger partial charge >= 0.3 is 0 Å². The number of benzene rings is 2. The lowest BCUT2D eigenvalue weighted by Gasteiger charge is -2.16. The summed E-state index contributed by atoms with van der Waals surface area (Å²) in [6.07, 6.45) is 4.53. The first kappa shape index (κ1) is 20.9. The van der Waals surface area contributed by atoms with Crippen molar-refractivity contribution in [3.8, 4) is 11.5 Å². The summed E-state index contributed by atoms with van der Waals surface area (Å²) in [5.41, 5.74) is 4.49. The van der Waals surface area contributed by atoms with E-state index in [-0.39, 0.29) is 0 Å². The predicted octanol–water partition coefficient (Wildman–Crippen LogP) is 6.65. The Bertz CT molecular complexity index is 784. The number of hydrogen-bond acceptors (Lipinski definition) is 3. The molecule has 140 valence electrons. The summed E-state index contributed by atoms with van der Waals surface area (Å²) >= 11 is 1.76. The molecule has 2 aromatic rings. The Labute approximate surface area is 164 Å². The van der Waals surface area contributed by atoms with E-state index in [1.165, 1.54) is 20.9 Å². The van der Waals surface area contributed by atoms with Gasteiger partial charge in [-0.3, -0.25) is 0 Å². The van der Waals surface area contributed by atoms with Crippen molar-refractivity contribution >= 4 is 21.2 Å². The van der Waals surface area contributed by atoms with E-state index in [2.05, 4.69) is 55.0 Å². The normalized spacial score (nSPS) is 11.0. The van der Waals surface area contributed by atoms with Gasteiger partial charge in [0.05, 0.1) is 9.47 Å². The Kier molecular flexibility index (Phi) is 7.61. The van der Waals surface area contributed by atoms with Crippen LogP contribution in [0.15, 0.2) is 46.7 Å². The molecule has 0 aromatic heterocycles. The van der Waals surface area contributed by atoms with Crippen molar-refractivity contribution in [1.29, 1.82) is 0 Å². The summed E-state index contributed by atoms with van der Waals surface area (Å²) in [4.78, 5) is 2.41. The highest BCUT2D eigenvalue weighted by molar-refractivity contribution is 7.99. The fraction of sp³-hybridized carbons (Fsp3) is 0.364. The van der Waals surface area contributed by atoms with E-state index < -0.39 is 0 Å². The van der Waals surface area contributed by atoms with Crippen molar-refractivity contribution in [3.63, 3.8) is 0 Å². The molecule has 0 saturated carbocycles. The number of rotatable bonds is 8. The fourth-order valence-corrected chi connectivity index (χ4v) is 4.22. The SMILES string of the molecule is C=CCCc1cc(Sc2cc(CC(C)C)c(OP)cc2C)c(C)cc1O. The third-order valence-electron chi connectivity index (χ3n) is 4.33. The van der Waals surface area contributed by atoms with Gasteiger partial charge in [-0.05, 0) is 85.5 Å². The second-order valence-corrected chi connectivity index (χ2v) is 8.44. The van der Waals surface area contributed by atoms with E-state index >= 15 is 0 Å². The van der Waals surface area contributed by atoms with Crippen LogP contribution < -0.4 is 4.52 Å². The molecule has 0 spiro atoms. The van der Waals surface area contributed by atoms with E-state index in [1.807, 2.05) is 19.1 Å². The van der Waals surface area contributed by atoms with Crippen LogP contribution in [0.3, 0.4) is 0 Å². The van der Waals surface area contributed by atoms with Crippen LogP contribution in [0.5, 0.6) is 11.5 Å². The van der Waals surface area contributed by atoms with Crippen LogP contribution in [0, 0.1) is 19.8 Å². The largest absolute Gasteiger partial charge is 0.508 e. The molecule has 1 atom stereocenters. The van der Waals surface area contributed by atoms with Gasteiger partial charge < -0.3 is 9.63 Å². The highest BCUT2D eigenvalue weighted by Gasteiger charge is 2.13. The smallest absolute Gasteiger partial charge is 0.126 e. The summed E-state index contributed by atoms with van der Waals surface area (Å²) in [5.74, 6) is 1.87. The molecule has 4 heteroatoms. The number of phenols is 1. The molecule has 0 aliphatic heterocycles. The molecule has 1 N–H and O–H groups in total. The molecule has 26 heavy (non-hydrogen) atoms. The molecule has 2 nitrogen and oxygen atoms in total. The molecular formula is C22H29O2PS. The van der Waals surface area contributed by atoms with Crippen molar-refractivity contribution in [1.82, 2.24) is 0 Å². The number of hydrogen-bond donors (Lipinski definition) is 1. The van der Waals surface area contributed by atoms with Crippen molar-refractivity contribution in [3.05, 3.63) is 59.2 Å². The Balaban J connectivity index is 2.39. The van der Waals surface area contributed by atoms with Crippen LogP contribution in [0.4, 0.5) is 0 Å². The van der Waals surface area contributed by atoms with Crippen molar-refractivity contribution < 1.29 is 9.63 Å². The molecular weight excluding hydrogens is 359 g/mol. The van der Waals surface area contributed by atoms with Gasteiger partial charge in [0, 0.05) is 9.79 Å². The van der Waals surface area contributed by atoms with Crippen LogP contribution in [0.2, 0.25) is 0 Å². The Hall–Kier alpha value is -1.44. The van der Waals surface area contributed by atoms with Crippen LogP contribution in [0.25, 0.3) is 0 Å². The summed E-state index contributed by atoms with van der Waals surface area (Å²) in [6.45, 7) is 12.4. The average molecular weight is 389 g/mol. The number of phenolic OH excluding ortho intramolecular Hbond substituents is 1. The third-order valence-corrected chi connectivity index (χ3v) is 5.90. The van der Waals surface area contributed by atoms with Gasteiger partial charge in [0.2, 0.25) is 0 Å². The van der Waals surface area contributed by atoms with E-state index in [1.54, 1.807) is 11.8 Å². The van der Waals surface area contributed by atoms with E-state index in [0.29, 0.717) is 11.7 Å². The minimum atomic E-state index is 0.373. The summed E-state index contributed by atoms with van der Waals surface area (Å²) in [5, 5.41) is 10.2. The fourth-order valence-electron chi connectivity index (χ4n) is 2.92. The lowest BCUT2D eigenvalue weighted by molar-refractivity contribution is 0.467. The lowest BCUT2D eigenvalue weighted by atomic mass is 10.0. The topological polar surface area (TPSA) is 29.5 Å². The Morgan fingerprint density at radius 2 is 1.73 bits per heavy atom. The maximum atomic E-state index is 10.2. The predicted molar refractivity (Wildman–Crippen MR) is 116 cm³/mol. The second-order valence-electron chi connectivity index (χ2n) is 7.12. The van der Waals surface area contributed by atoms with Crippen molar-refractivity contribution in [2.45, 2.75) is 56.7 Å². The Morgan fingerprint density at radius 1 is 1.12 bits per heavy atom. The maximum absolute atomic E-state index is 10.2. The molecule has 0 aliphatic rings. The molecule has 0 fully saturated rings. The maximum Gasteiger partial charge on any atom is 0.126 e. The molecule has 0 radical (unpaired) electrons. The lowest BCUT2D eigenvalue weighted by Crippen LogP contribution is -1.98. The first-order valence-electron chi connectivity index (χ1n) is 8.97. The molecule has 1 unspecified atom stereocenters. The number of aromatic hydroxyl groups is 1. The summed E-state index contributed by atoms with van der Waals surface area (Å²) < 4.78 is 5.50. The zero-order valence-electron chi connectivity index (χ0n) is 16.1. The summed E-state index contributed by atoms with van der Waals surface area (Å²) in [7, 11) is 2.36. The van der Waals surface area contributed by atoms with Crippen molar-refractivity contribution in [2.24, 2.45) is 5.92 Å². The van der Waals surface area contributed by atoms with Crippen molar-refractivity contribution in [2.75, 3.05) is 0 Å². The molecule has 2 aromatic carbocycles. The quantitative estimate of drug-likeness (QED) is 0.406. The van der Waals surface area contributed by atoms with Gasteiger partial charge in [0.25, 0.3) is 0 Å². The van der Waals surface area contributed by atoms with Crippen LogP contribution >= 0.6 is 21.2 Å². The second kappa shape index (κ2) is 9.48. The van der Waals surface area contributed by atoms with Gasteiger partial charge in [0.1, 0.15) is 11.5 Å². The summed E-state index contributed by atoms with van der Waals surface area (Å²) in [6, 6.07) is 8.34. The van der Waals surface area contributed by atoms with Gasteiger partial charge in [-0.2, -0.15) is 0 Å². The molecule has 0 heterocycles. The number of aryl methyl sites for hydroxylation is 3. The zero-order chi connectivity index (χ0) is 19.3. The Morgan fingerprint density at radius 3 is 2.31 bits per heavy atom. The third kappa shape index (κ3) is 5.28. The van der Waals surface area contributed by atoms with Crippen LogP contribution in [0.1, 0.15) is 42.5 Å². The van der Waals surface area contributed by atoms with Gasteiger partial charge in [-0.15, -0.1) is 6.58 Å². The standard InChI is InChI=1S/C22H29O2PS/c1-6-7-8-17-12-21(15(4)10-19(17)23)26-22-13-18(9-14(2)3)20(24-25)11-16(22)5/h6,10-14,23H,1,7-9,25H2,2-5H3. The number of allylic oxidation sites excluding steroid dienone is 1. The molecule has 0 aliphatic carbocycles. The first-order chi connectivity index (χ1) is 12.3. The van der Waals surface area contributed by atoms with Crippen LogP contribution in [-0.4, -0.2) is 5.11 Å². The average Bonchev–Trinajstić information content (AvgIpc) is 2.58. The van der Waals surface area contributed by atoms with Gasteiger partial charge in [-0.25, -0.2) is 0 Å². The van der Waals surface area contributed by atoms with E-state index in [0.717, 1.165) is 36.1 Å². The molecule has 2 rings (SSSR count). The van der Waals surface area contributed by atoms with E-state index in [9.17, 15) is 5.11 Å². The molecule has 0 bridgehead atoms. The van der Waals surface area contributed by atoms with Gasteiger partial charge in [-0.1, -0.05) is 31.7 Å². The van der Waals surface area contributed by atoms with Gasteiger partial charge in [0.15, 0.2) is 0 Å². The zero-order valence-corrected chi connectivity index (χ0v) is 18.1.